The number of hydrogen-bond donors (Lipinski definition) is 4. The van der Waals surface area contributed by atoms with Gasteiger partial charge < -0.3 is 21.1 Å². The molecule has 1 unspecified atom stereocenters. The molecule has 10 heteroatoms. The van der Waals surface area contributed by atoms with Gasteiger partial charge in [-0.1, -0.05) is 43.2 Å². The number of tetrazole rings is 1. The summed E-state index contributed by atoms with van der Waals surface area (Å²) in [5.41, 5.74) is 7.09. The van der Waals surface area contributed by atoms with Gasteiger partial charge in [0.25, 0.3) is 0 Å². The van der Waals surface area contributed by atoms with E-state index in [1.807, 2.05) is 30.3 Å². The third-order valence-electron chi connectivity index (χ3n) is 3.74. The molecule has 0 bridgehead atoms. The Morgan fingerprint density at radius 1 is 1.28 bits per heavy atom. The number of nitrogens with zero attached hydrogens (tertiary/aromatic N) is 4. The summed E-state index contributed by atoms with van der Waals surface area (Å²) in [5, 5.41) is 31.8. The topological polar surface area (TPSA) is 139 Å². The molecule has 1 amide bonds. The Morgan fingerprint density at radius 3 is 2.76 bits per heavy atom. The molecule has 9 nitrogen and oxygen atoms in total. The number of aromatic nitrogens is 4. The van der Waals surface area contributed by atoms with Gasteiger partial charge in [-0.25, -0.2) is 4.68 Å². The quantitative estimate of drug-likeness (QED) is 0.340. The van der Waals surface area contributed by atoms with Crippen LogP contribution in [-0.2, 0) is 17.9 Å². The Morgan fingerprint density at radius 2 is 2.04 bits per heavy atom. The van der Waals surface area contributed by atoms with Crippen molar-refractivity contribution in [2.24, 2.45) is 5.73 Å². The number of amides is 1. The lowest BCUT2D eigenvalue weighted by molar-refractivity contribution is -0.122. The first-order valence-corrected chi connectivity index (χ1v) is 8.24. The second-order valence-corrected chi connectivity index (χ2v) is 5.83. The molecule has 0 aliphatic carbocycles. The normalized spacial score (nSPS) is 12.0. The molecule has 0 spiro atoms. The van der Waals surface area contributed by atoms with Crippen LogP contribution < -0.4 is 11.1 Å². The molecule has 25 heavy (non-hydrogen) atoms. The third-order valence-corrected chi connectivity index (χ3v) is 3.74. The number of carbonyl (C=O) groups excluding carboxylic acids is 1. The molecule has 0 saturated carbocycles. The van der Waals surface area contributed by atoms with Gasteiger partial charge in [-0.05, 0) is 28.7 Å². The molecule has 5 N–H and O–H groups in total. The number of unbranched alkanes of at least 4 members (excludes halogenated alkanes) is 1. The molecule has 2 rings (SSSR count). The van der Waals surface area contributed by atoms with Gasteiger partial charge >= 0.3 is 7.12 Å². The first kappa shape index (κ1) is 19.0. The zero-order valence-electron chi connectivity index (χ0n) is 14.0. The fraction of sp³-hybridized carbons (Fsp3) is 0.467. The maximum absolute atomic E-state index is 12.1. The van der Waals surface area contributed by atoms with Gasteiger partial charge in [0, 0.05) is 6.54 Å². The minimum absolute atomic E-state index is 0.00176. The van der Waals surface area contributed by atoms with Crippen LogP contribution in [0.3, 0.4) is 0 Å². The largest absolute Gasteiger partial charge is 0.451 e. The number of nitrogens with two attached hydrogens (primary N) is 1. The maximum Gasteiger partial charge on any atom is 0.451 e. The molecule has 1 atom stereocenters. The molecule has 1 aromatic carbocycles. The Bertz CT molecular complexity index is 652. The predicted molar refractivity (Wildman–Crippen MR) is 91.9 cm³/mol. The molecule has 1 aromatic heterocycles. The summed E-state index contributed by atoms with van der Waals surface area (Å²) in [5.74, 6) is 0.243. The second-order valence-electron chi connectivity index (χ2n) is 5.83. The third kappa shape index (κ3) is 6.61. The molecule has 0 saturated heterocycles. The van der Waals surface area contributed by atoms with E-state index in [4.69, 9.17) is 15.8 Å². The van der Waals surface area contributed by atoms with E-state index >= 15 is 0 Å². The van der Waals surface area contributed by atoms with Crippen molar-refractivity contribution < 1.29 is 14.8 Å². The van der Waals surface area contributed by atoms with Crippen LogP contribution in [0.1, 0.15) is 36.7 Å². The monoisotopic (exact) mass is 346 g/mol. The lowest BCUT2D eigenvalue weighted by Crippen LogP contribution is -2.29. The van der Waals surface area contributed by atoms with Crippen LogP contribution in [0.2, 0.25) is 6.32 Å². The van der Waals surface area contributed by atoms with Crippen LogP contribution in [0.5, 0.6) is 0 Å². The molecule has 0 aliphatic rings. The summed E-state index contributed by atoms with van der Waals surface area (Å²) in [7, 11) is -1.30. The van der Waals surface area contributed by atoms with Gasteiger partial charge in [0.2, 0.25) is 5.91 Å². The Hall–Kier alpha value is -2.30. The number of benzene rings is 1. The minimum Gasteiger partial charge on any atom is -0.427 e. The van der Waals surface area contributed by atoms with E-state index in [0.717, 1.165) is 5.56 Å². The van der Waals surface area contributed by atoms with Gasteiger partial charge in [0.15, 0.2) is 5.82 Å². The molecule has 0 radical (unpaired) electrons. The fourth-order valence-electron chi connectivity index (χ4n) is 2.40. The van der Waals surface area contributed by atoms with Crippen molar-refractivity contribution in [3.63, 3.8) is 0 Å². The fourth-order valence-corrected chi connectivity index (χ4v) is 2.40. The summed E-state index contributed by atoms with van der Waals surface area (Å²) < 4.78 is 1.39. The minimum atomic E-state index is -1.30. The average molecular weight is 346 g/mol. The van der Waals surface area contributed by atoms with Crippen LogP contribution in [0.4, 0.5) is 0 Å². The number of carbonyl (C=O) groups is 1. The zero-order chi connectivity index (χ0) is 18.1. The first-order chi connectivity index (χ1) is 12.1. The van der Waals surface area contributed by atoms with E-state index in [-0.39, 0.29) is 12.5 Å². The van der Waals surface area contributed by atoms with E-state index in [9.17, 15) is 4.79 Å². The highest BCUT2D eigenvalue weighted by atomic mass is 16.4. The molecule has 0 fully saturated rings. The van der Waals surface area contributed by atoms with E-state index < -0.39 is 13.2 Å². The summed E-state index contributed by atoms with van der Waals surface area (Å²) in [6.07, 6.45) is 2.26. The smallest absolute Gasteiger partial charge is 0.427 e. The number of nitrogens with one attached hydrogen (secondary N) is 1. The first-order valence-electron chi connectivity index (χ1n) is 8.24. The van der Waals surface area contributed by atoms with Gasteiger partial charge in [0.05, 0.1) is 6.04 Å². The second kappa shape index (κ2) is 9.87. The van der Waals surface area contributed by atoms with Gasteiger partial charge in [-0.3, -0.25) is 4.79 Å². The predicted octanol–water partition coefficient (Wildman–Crippen LogP) is -0.368. The zero-order valence-corrected chi connectivity index (χ0v) is 14.0. The summed E-state index contributed by atoms with van der Waals surface area (Å²) in [6, 6.07) is 9.20. The van der Waals surface area contributed by atoms with Crippen molar-refractivity contribution in [1.29, 1.82) is 0 Å². The SMILES string of the molecule is NC(CCCCB(O)O)c1nnnn1CC(=O)NCc1ccccc1. The molecule has 2 aromatic rings. The summed E-state index contributed by atoms with van der Waals surface area (Å²) >= 11 is 0. The Kier molecular flexibility index (Phi) is 7.51. The molecule has 0 aliphatic heterocycles. The van der Waals surface area contributed by atoms with Crippen molar-refractivity contribution in [2.75, 3.05) is 0 Å². The Balaban J connectivity index is 1.80. The van der Waals surface area contributed by atoms with Crippen molar-refractivity contribution in [1.82, 2.24) is 25.5 Å². The van der Waals surface area contributed by atoms with Crippen molar-refractivity contribution in [3.05, 3.63) is 41.7 Å². The summed E-state index contributed by atoms with van der Waals surface area (Å²) in [6.45, 7) is 0.435. The molecule has 1 heterocycles. The van der Waals surface area contributed by atoms with E-state index in [1.54, 1.807) is 0 Å². The van der Waals surface area contributed by atoms with Crippen LogP contribution in [0.15, 0.2) is 30.3 Å². The Labute approximate surface area is 146 Å². The molecule has 134 valence electrons. The highest BCUT2D eigenvalue weighted by Crippen LogP contribution is 2.14. The highest BCUT2D eigenvalue weighted by molar-refractivity contribution is 6.40. The van der Waals surface area contributed by atoms with Gasteiger partial charge in [-0.2, -0.15) is 0 Å². The highest BCUT2D eigenvalue weighted by Gasteiger charge is 2.17. The van der Waals surface area contributed by atoms with E-state index in [2.05, 4.69) is 20.8 Å². The molecular formula is C15H23BN6O3. The van der Waals surface area contributed by atoms with Gasteiger partial charge in [-0.15, -0.1) is 5.10 Å². The number of hydrogen-bond acceptors (Lipinski definition) is 7. The lowest BCUT2D eigenvalue weighted by atomic mass is 9.83. The van der Waals surface area contributed by atoms with Gasteiger partial charge in [0.1, 0.15) is 6.54 Å². The van der Waals surface area contributed by atoms with Crippen LogP contribution in [-0.4, -0.2) is 43.3 Å². The van der Waals surface area contributed by atoms with E-state index in [1.165, 1.54) is 4.68 Å². The average Bonchev–Trinajstić information content (AvgIpc) is 3.05. The number of rotatable bonds is 10. The summed E-state index contributed by atoms with van der Waals surface area (Å²) in [4.78, 5) is 12.1. The van der Waals surface area contributed by atoms with Crippen molar-refractivity contribution >= 4 is 13.0 Å². The van der Waals surface area contributed by atoms with Crippen molar-refractivity contribution in [3.8, 4) is 0 Å². The molecular weight excluding hydrogens is 323 g/mol. The lowest BCUT2D eigenvalue weighted by Gasteiger charge is -2.11. The maximum atomic E-state index is 12.1. The van der Waals surface area contributed by atoms with Crippen molar-refractivity contribution in [2.45, 2.75) is 44.7 Å². The standard InChI is InChI=1S/C15H23BN6O3/c17-13(8-4-5-9-16(24)25)15-19-20-21-22(15)11-14(23)18-10-12-6-2-1-3-7-12/h1-3,6-7,13,24-25H,4-5,8-11,17H2,(H,18,23). The van der Waals surface area contributed by atoms with E-state index in [0.29, 0.717) is 38.0 Å². The van der Waals surface area contributed by atoms with Crippen LogP contribution in [0.25, 0.3) is 0 Å². The van der Waals surface area contributed by atoms with Crippen LogP contribution in [0, 0.1) is 0 Å². The van der Waals surface area contributed by atoms with Crippen LogP contribution >= 0.6 is 0 Å².